The molecule has 0 aliphatic heterocycles. The van der Waals surface area contributed by atoms with Gasteiger partial charge in [0.1, 0.15) is 0 Å². The Labute approximate surface area is 170 Å². The zero-order valence-corrected chi connectivity index (χ0v) is 16.5. The van der Waals surface area contributed by atoms with E-state index < -0.39 is 15.8 Å². The summed E-state index contributed by atoms with van der Waals surface area (Å²) in [6, 6.07) is 11.4. The topological polar surface area (TPSA) is 122 Å². The van der Waals surface area contributed by atoms with Crippen LogP contribution in [-0.2, 0) is 10.0 Å². The quantitative estimate of drug-likeness (QED) is 0.460. The molecule has 3 heterocycles. The minimum absolute atomic E-state index is 0.00813. The third-order valence-corrected chi connectivity index (χ3v) is 6.08. The van der Waals surface area contributed by atoms with Gasteiger partial charge in [0.2, 0.25) is 5.78 Å². The molecule has 0 amide bonds. The molecule has 0 aliphatic rings. The molecule has 0 bridgehead atoms. The standard InChI is InChI=1S/C20H15N5O4S/c1-12-3-4-13(17-11-25-8-2-7-21-19(25)22-17)9-15(12)24-30(27,28)14-5-6-18-16(10-14)23-20(26)29-18/h2-11,24H,1H3,(H,23,26). The molecule has 0 spiro atoms. The first-order valence-corrected chi connectivity index (χ1v) is 10.4. The van der Waals surface area contributed by atoms with Crippen molar-refractivity contribution in [3.8, 4) is 11.3 Å². The second-order valence-electron chi connectivity index (χ2n) is 6.76. The lowest BCUT2D eigenvalue weighted by atomic mass is 10.1. The fraction of sp³-hybridized carbons (Fsp3) is 0.0500. The van der Waals surface area contributed by atoms with E-state index in [0.717, 1.165) is 11.1 Å². The van der Waals surface area contributed by atoms with Crippen LogP contribution in [0.2, 0.25) is 0 Å². The Bertz CT molecular complexity index is 1550. The Morgan fingerprint density at radius 3 is 2.87 bits per heavy atom. The molecule has 0 fully saturated rings. The van der Waals surface area contributed by atoms with Gasteiger partial charge >= 0.3 is 5.76 Å². The minimum Gasteiger partial charge on any atom is -0.408 e. The molecule has 0 radical (unpaired) electrons. The fourth-order valence-corrected chi connectivity index (χ4v) is 4.31. The lowest BCUT2D eigenvalue weighted by Crippen LogP contribution is -2.13. The van der Waals surface area contributed by atoms with E-state index in [2.05, 4.69) is 19.7 Å². The number of H-pyrrole nitrogens is 1. The smallest absolute Gasteiger partial charge is 0.408 e. The van der Waals surface area contributed by atoms with Crippen molar-refractivity contribution >= 4 is 32.6 Å². The Hall–Kier alpha value is -3.92. The van der Waals surface area contributed by atoms with Gasteiger partial charge in [-0.3, -0.25) is 14.1 Å². The van der Waals surface area contributed by atoms with Gasteiger partial charge in [-0.2, -0.15) is 0 Å². The molecule has 0 unspecified atom stereocenters. The van der Waals surface area contributed by atoms with Crippen molar-refractivity contribution in [2.45, 2.75) is 11.8 Å². The maximum atomic E-state index is 12.9. The summed E-state index contributed by atoms with van der Waals surface area (Å²) in [5.74, 6) is -0.0874. The van der Waals surface area contributed by atoms with Gasteiger partial charge in [-0.15, -0.1) is 0 Å². The molecule has 30 heavy (non-hydrogen) atoms. The number of oxazole rings is 1. The number of fused-ring (bicyclic) bond motifs is 2. The van der Waals surface area contributed by atoms with Crippen LogP contribution < -0.4 is 10.5 Å². The fourth-order valence-electron chi connectivity index (χ4n) is 3.16. The molecule has 0 aliphatic carbocycles. The van der Waals surface area contributed by atoms with Gasteiger partial charge in [0.05, 0.1) is 21.8 Å². The number of aryl methyl sites for hydroxylation is 1. The number of sulfonamides is 1. The summed E-state index contributed by atoms with van der Waals surface area (Å²) < 4.78 is 35.2. The number of nitrogens with one attached hydrogen (secondary N) is 2. The first kappa shape index (κ1) is 18.1. The number of benzene rings is 2. The predicted molar refractivity (Wildman–Crippen MR) is 111 cm³/mol. The van der Waals surface area contributed by atoms with Crippen molar-refractivity contribution in [2.75, 3.05) is 4.72 Å². The van der Waals surface area contributed by atoms with E-state index >= 15 is 0 Å². The molecule has 0 saturated carbocycles. The molecule has 5 aromatic rings. The molecule has 2 aromatic carbocycles. The predicted octanol–water partition coefficient (Wildman–Crippen LogP) is 2.94. The van der Waals surface area contributed by atoms with Crippen LogP contribution >= 0.6 is 0 Å². The highest BCUT2D eigenvalue weighted by molar-refractivity contribution is 7.92. The Morgan fingerprint density at radius 2 is 2.03 bits per heavy atom. The van der Waals surface area contributed by atoms with Crippen molar-refractivity contribution in [2.24, 2.45) is 0 Å². The van der Waals surface area contributed by atoms with E-state index in [4.69, 9.17) is 4.42 Å². The SMILES string of the molecule is Cc1ccc(-c2cn3cccnc3n2)cc1NS(=O)(=O)c1ccc2oc(=O)[nH]c2c1. The van der Waals surface area contributed by atoms with Crippen molar-refractivity contribution < 1.29 is 12.8 Å². The third kappa shape index (κ3) is 3.12. The van der Waals surface area contributed by atoms with E-state index in [9.17, 15) is 13.2 Å². The highest BCUT2D eigenvalue weighted by atomic mass is 32.2. The molecule has 10 heteroatoms. The van der Waals surface area contributed by atoms with Gasteiger partial charge in [0.25, 0.3) is 10.0 Å². The van der Waals surface area contributed by atoms with Gasteiger partial charge in [-0.25, -0.2) is 23.2 Å². The number of anilines is 1. The number of aromatic nitrogens is 4. The molecule has 2 N–H and O–H groups in total. The molecule has 0 saturated heterocycles. The largest absolute Gasteiger partial charge is 0.417 e. The maximum Gasteiger partial charge on any atom is 0.417 e. The zero-order chi connectivity index (χ0) is 20.9. The van der Waals surface area contributed by atoms with E-state index in [0.29, 0.717) is 22.7 Å². The van der Waals surface area contributed by atoms with Gasteiger partial charge in [-0.1, -0.05) is 12.1 Å². The highest BCUT2D eigenvalue weighted by Crippen LogP contribution is 2.27. The van der Waals surface area contributed by atoms with Gasteiger partial charge in [0, 0.05) is 24.2 Å². The average molecular weight is 421 g/mol. The molecule has 3 aromatic heterocycles. The summed E-state index contributed by atoms with van der Waals surface area (Å²) >= 11 is 0. The molecular weight excluding hydrogens is 406 g/mol. The number of hydrogen-bond donors (Lipinski definition) is 2. The van der Waals surface area contributed by atoms with Crippen LogP contribution in [0.3, 0.4) is 0 Å². The number of aromatic amines is 1. The van der Waals surface area contributed by atoms with Crippen LogP contribution in [0.25, 0.3) is 28.1 Å². The van der Waals surface area contributed by atoms with Crippen molar-refractivity contribution in [3.05, 3.63) is 77.2 Å². The maximum absolute atomic E-state index is 12.9. The van der Waals surface area contributed by atoms with Crippen molar-refractivity contribution in [1.29, 1.82) is 0 Å². The van der Waals surface area contributed by atoms with Crippen LogP contribution in [0.5, 0.6) is 0 Å². The van der Waals surface area contributed by atoms with Gasteiger partial charge in [0.15, 0.2) is 5.58 Å². The van der Waals surface area contributed by atoms with E-state index in [-0.39, 0.29) is 10.5 Å². The number of hydrogen-bond acceptors (Lipinski definition) is 6. The van der Waals surface area contributed by atoms with E-state index in [1.807, 2.05) is 31.5 Å². The van der Waals surface area contributed by atoms with Crippen LogP contribution in [0.1, 0.15) is 5.56 Å². The zero-order valence-electron chi connectivity index (χ0n) is 15.7. The number of nitrogens with zero attached hydrogens (tertiary/aromatic N) is 3. The van der Waals surface area contributed by atoms with E-state index in [1.54, 1.807) is 22.7 Å². The first-order valence-electron chi connectivity index (χ1n) is 8.95. The molecule has 9 nitrogen and oxygen atoms in total. The van der Waals surface area contributed by atoms with Crippen LogP contribution in [0.4, 0.5) is 5.69 Å². The molecule has 150 valence electrons. The summed E-state index contributed by atoms with van der Waals surface area (Å²) in [6.45, 7) is 1.81. The lowest BCUT2D eigenvalue weighted by Gasteiger charge is -2.12. The Kier molecular flexibility index (Phi) is 3.97. The van der Waals surface area contributed by atoms with Crippen molar-refractivity contribution in [3.63, 3.8) is 0 Å². The third-order valence-electron chi connectivity index (χ3n) is 4.71. The van der Waals surface area contributed by atoms with Crippen LogP contribution in [-0.4, -0.2) is 27.8 Å². The molecular formula is C20H15N5O4S. The average Bonchev–Trinajstić information content (AvgIpc) is 3.31. The second kappa shape index (κ2) is 6.56. The van der Waals surface area contributed by atoms with Crippen LogP contribution in [0.15, 0.2) is 75.2 Å². The highest BCUT2D eigenvalue weighted by Gasteiger charge is 2.18. The Morgan fingerprint density at radius 1 is 1.17 bits per heavy atom. The summed E-state index contributed by atoms with van der Waals surface area (Å²) in [7, 11) is -3.89. The number of rotatable bonds is 4. The number of imidazole rings is 1. The van der Waals surface area contributed by atoms with Gasteiger partial charge in [-0.05, 0) is 42.8 Å². The summed E-state index contributed by atoms with van der Waals surface area (Å²) in [6.07, 6.45) is 5.33. The minimum atomic E-state index is -3.89. The summed E-state index contributed by atoms with van der Waals surface area (Å²) in [4.78, 5) is 22.5. The lowest BCUT2D eigenvalue weighted by molar-refractivity contribution is 0.555. The first-order chi connectivity index (χ1) is 14.4. The summed E-state index contributed by atoms with van der Waals surface area (Å²) in [5.41, 5.74) is 3.20. The summed E-state index contributed by atoms with van der Waals surface area (Å²) in [5, 5.41) is 0. The second-order valence-corrected chi connectivity index (χ2v) is 8.44. The van der Waals surface area contributed by atoms with Crippen LogP contribution in [0, 0.1) is 6.92 Å². The van der Waals surface area contributed by atoms with E-state index in [1.165, 1.54) is 18.2 Å². The Balaban J connectivity index is 1.52. The molecule has 0 atom stereocenters. The van der Waals surface area contributed by atoms with Gasteiger partial charge < -0.3 is 4.42 Å². The monoisotopic (exact) mass is 421 g/mol. The molecule has 5 rings (SSSR count). The normalized spacial score (nSPS) is 11.9. The van der Waals surface area contributed by atoms with Crippen molar-refractivity contribution in [1.82, 2.24) is 19.4 Å².